The zero-order chi connectivity index (χ0) is 15.8. The average molecular weight is 289 g/mol. The van der Waals surface area contributed by atoms with Crippen LogP contribution in [0.15, 0.2) is 12.1 Å². The van der Waals surface area contributed by atoms with Gasteiger partial charge in [-0.25, -0.2) is 4.79 Å². The summed E-state index contributed by atoms with van der Waals surface area (Å²) in [4.78, 5) is 26.2. The van der Waals surface area contributed by atoms with Crippen LogP contribution in [-0.2, 0) is 4.79 Å². The molecule has 1 unspecified atom stereocenters. The van der Waals surface area contributed by atoms with E-state index in [-0.39, 0.29) is 5.91 Å². The first-order chi connectivity index (χ1) is 9.83. The molecule has 1 aliphatic rings. The summed E-state index contributed by atoms with van der Waals surface area (Å²) >= 11 is 0. The molecule has 1 N–H and O–H groups in total. The Morgan fingerprint density at radius 2 is 1.81 bits per heavy atom. The number of likely N-dealkylation sites (tertiary alicyclic amines) is 1. The first-order valence-corrected chi connectivity index (χ1v) is 7.46. The van der Waals surface area contributed by atoms with Crippen molar-refractivity contribution in [2.24, 2.45) is 0 Å². The van der Waals surface area contributed by atoms with Gasteiger partial charge in [0.25, 0.3) is 5.91 Å². The van der Waals surface area contributed by atoms with Crippen LogP contribution in [0.3, 0.4) is 0 Å². The summed E-state index contributed by atoms with van der Waals surface area (Å²) < 4.78 is 0. The minimum atomic E-state index is -1.04. The van der Waals surface area contributed by atoms with E-state index >= 15 is 0 Å². The lowest BCUT2D eigenvalue weighted by atomic mass is 9.91. The maximum absolute atomic E-state index is 12.9. The molecule has 1 amide bonds. The largest absolute Gasteiger partial charge is 0.479 e. The quantitative estimate of drug-likeness (QED) is 0.930. The molecule has 4 nitrogen and oxygen atoms in total. The van der Waals surface area contributed by atoms with E-state index in [1.165, 1.54) is 0 Å². The maximum atomic E-state index is 12.9. The molecule has 0 saturated carbocycles. The number of carboxylic acids is 1. The highest BCUT2D eigenvalue weighted by Gasteiger charge is 2.48. The van der Waals surface area contributed by atoms with Crippen molar-refractivity contribution in [2.75, 3.05) is 6.54 Å². The highest BCUT2D eigenvalue weighted by molar-refractivity contribution is 6.00. The van der Waals surface area contributed by atoms with Crippen LogP contribution in [0.5, 0.6) is 0 Å². The summed E-state index contributed by atoms with van der Waals surface area (Å²) in [6, 6.07) is 3.95. The van der Waals surface area contributed by atoms with E-state index in [2.05, 4.69) is 0 Å². The molecule has 1 aromatic carbocycles. The van der Waals surface area contributed by atoms with Gasteiger partial charge >= 0.3 is 5.97 Å². The van der Waals surface area contributed by atoms with E-state index < -0.39 is 11.5 Å². The van der Waals surface area contributed by atoms with Crippen molar-refractivity contribution in [1.82, 2.24) is 4.90 Å². The molecule has 114 valence electrons. The van der Waals surface area contributed by atoms with Crippen molar-refractivity contribution >= 4 is 11.9 Å². The number of carbonyl (C=O) groups is 2. The first kappa shape index (κ1) is 15.5. The number of hydrogen-bond donors (Lipinski definition) is 1. The molecular formula is C17H23NO3. The zero-order valence-electron chi connectivity index (χ0n) is 13.2. The van der Waals surface area contributed by atoms with E-state index in [9.17, 15) is 14.7 Å². The monoisotopic (exact) mass is 289 g/mol. The van der Waals surface area contributed by atoms with Crippen molar-refractivity contribution in [3.63, 3.8) is 0 Å². The summed E-state index contributed by atoms with van der Waals surface area (Å²) in [5, 5.41) is 9.62. The Kier molecular flexibility index (Phi) is 4.08. The number of nitrogens with zero attached hydrogens (tertiary/aromatic N) is 1. The van der Waals surface area contributed by atoms with Gasteiger partial charge in [-0.15, -0.1) is 0 Å². The van der Waals surface area contributed by atoms with Crippen LogP contribution in [0, 0.1) is 20.8 Å². The summed E-state index contributed by atoms with van der Waals surface area (Å²) in [7, 11) is 0. The van der Waals surface area contributed by atoms with Gasteiger partial charge in [0.1, 0.15) is 5.54 Å². The molecule has 21 heavy (non-hydrogen) atoms. The molecule has 1 saturated heterocycles. The van der Waals surface area contributed by atoms with Gasteiger partial charge in [-0.1, -0.05) is 24.6 Å². The molecule has 4 heteroatoms. The molecule has 1 aliphatic heterocycles. The normalized spacial score (nSPS) is 21.6. The molecule has 1 atom stereocenters. The predicted octanol–water partition coefficient (Wildman–Crippen LogP) is 3.08. The Morgan fingerprint density at radius 1 is 1.24 bits per heavy atom. The van der Waals surface area contributed by atoms with Gasteiger partial charge in [-0.2, -0.15) is 0 Å². The Hall–Kier alpha value is -1.84. The third-order valence-corrected chi connectivity index (χ3v) is 4.61. The summed E-state index contributed by atoms with van der Waals surface area (Å²) in [6.07, 6.45) is 1.72. The molecule has 0 spiro atoms. The fourth-order valence-electron chi connectivity index (χ4n) is 3.57. The molecule has 1 fully saturated rings. The molecule has 0 aromatic heterocycles. The second kappa shape index (κ2) is 5.51. The van der Waals surface area contributed by atoms with Crippen LogP contribution in [-0.4, -0.2) is 34.0 Å². The molecule has 1 aromatic rings. The molecular weight excluding hydrogens is 266 g/mol. The standard InChI is InChI=1S/C17H23NO3/c1-5-17(16(20)21)7-6-8-18(17)15(19)14-12(3)9-11(2)10-13(14)4/h9-10H,5-8H2,1-4H3,(H,20,21). The van der Waals surface area contributed by atoms with Gasteiger partial charge in [-0.05, 0) is 51.2 Å². The lowest BCUT2D eigenvalue weighted by Crippen LogP contribution is -2.52. The minimum Gasteiger partial charge on any atom is -0.479 e. The van der Waals surface area contributed by atoms with Gasteiger partial charge in [0.15, 0.2) is 0 Å². The number of aryl methyl sites for hydroxylation is 3. The summed E-state index contributed by atoms with van der Waals surface area (Å²) in [6.45, 7) is 8.19. The van der Waals surface area contributed by atoms with Crippen molar-refractivity contribution in [3.8, 4) is 0 Å². The predicted molar refractivity (Wildman–Crippen MR) is 81.6 cm³/mol. The Labute approximate surface area is 125 Å². The van der Waals surface area contributed by atoms with Crippen molar-refractivity contribution in [1.29, 1.82) is 0 Å². The minimum absolute atomic E-state index is 0.147. The van der Waals surface area contributed by atoms with Gasteiger partial charge in [0.05, 0.1) is 0 Å². The molecule has 1 heterocycles. The second-order valence-corrected chi connectivity index (χ2v) is 6.02. The van der Waals surface area contributed by atoms with Crippen molar-refractivity contribution < 1.29 is 14.7 Å². The highest BCUT2D eigenvalue weighted by atomic mass is 16.4. The number of carboxylic acid groups (broad SMARTS) is 1. The fourth-order valence-corrected chi connectivity index (χ4v) is 3.57. The number of carbonyl (C=O) groups excluding carboxylic acids is 1. The molecule has 2 rings (SSSR count). The maximum Gasteiger partial charge on any atom is 0.329 e. The van der Waals surface area contributed by atoms with Crippen LogP contribution in [0.4, 0.5) is 0 Å². The third-order valence-electron chi connectivity index (χ3n) is 4.61. The van der Waals surface area contributed by atoms with Gasteiger partial charge in [-0.3, -0.25) is 4.79 Å². The van der Waals surface area contributed by atoms with Crippen LogP contribution in [0.1, 0.15) is 53.2 Å². The lowest BCUT2D eigenvalue weighted by molar-refractivity contribution is -0.148. The lowest BCUT2D eigenvalue weighted by Gasteiger charge is -2.34. The SMILES string of the molecule is CCC1(C(=O)O)CCCN1C(=O)c1c(C)cc(C)cc1C. The fraction of sp³-hybridized carbons (Fsp3) is 0.529. The van der Waals surface area contributed by atoms with Crippen LogP contribution in [0.2, 0.25) is 0 Å². The van der Waals surface area contributed by atoms with E-state index in [0.29, 0.717) is 24.9 Å². The van der Waals surface area contributed by atoms with E-state index in [4.69, 9.17) is 0 Å². The van der Waals surface area contributed by atoms with Crippen LogP contribution in [0.25, 0.3) is 0 Å². The Morgan fingerprint density at radius 3 is 2.29 bits per heavy atom. The molecule has 0 bridgehead atoms. The van der Waals surface area contributed by atoms with Gasteiger partial charge < -0.3 is 10.0 Å². The van der Waals surface area contributed by atoms with E-state index in [1.807, 2.05) is 39.8 Å². The molecule has 0 aliphatic carbocycles. The number of hydrogen-bond acceptors (Lipinski definition) is 2. The number of aliphatic carboxylic acids is 1. The first-order valence-electron chi connectivity index (χ1n) is 7.46. The number of amides is 1. The number of benzene rings is 1. The van der Waals surface area contributed by atoms with Gasteiger partial charge in [0.2, 0.25) is 0 Å². The van der Waals surface area contributed by atoms with Crippen molar-refractivity contribution in [2.45, 2.75) is 52.5 Å². The van der Waals surface area contributed by atoms with Crippen molar-refractivity contribution in [3.05, 3.63) is 34.4 Å². The highest BCUT2D eigenvalue weighted by Crippen LogP contribution is 2.35. The van der Waals surface area contributed by atoms with Crippen LogP contribution < -0.4 is 0 Å². The zero-order valence-corrected chi connectivity index (χ0v) is 13.2. The topological polar surface area (TPSA) is 57.6 Å². The van der Waals surface area contributed by atoms with E-state index in [1.54, 1.807) is 4.90 Å². The average Bonchev–Trinajstić information content (AvgIpc) is 2.82. The van der Waals surface area contributed by atoms with Crippen LogP contribution >= 0.6 is 0 Å². The van der Waals surface area contributed by atoms with Gasteiger partial charge in [0, 0.05) is 12.1 Å². The smallest absolute Gasteiger partial charge is 0.329 e. The Balaban J connectivity index is 2.47. The van der Waals surface area contributed by atoms with E-state index in [0.717, 1.165) is 23.1 Å². The molecule has 0 radical (unpaired) electrons. The summed E-state index contributed by atoms with van der Waals surface area (Å²) in [5.74, 6) is -1.04. The summed E-state index contributed by atoms with van der Waals surface area (Å²) in [5.41, 5.74) is 2.56. The third kappa shape index (κ3) is 2.43. The Bertz CT molecular complexity index is 571. The second-order valence-electron chi connectivity index (χ2n) is 6.02. The number of rotatable bonds is 3.